The van der Waals surface area contributed by atoms with Crippen molar-refractivity contribution in [1.82, 2.24) is 0 Å². The van der Waals surface area contributed by atoms with E-state index in [1.54, 1.807) is 7.11 Å². The van der Waals surface area contributed by atoms with Crippen LogP contribution in [0, 0.1) is 11.8 Å². The largest absolute Gasteiger partial charge is 0.376 e. The number of carbonyl (C=O) groups excluding carboxylic acids is 1. The highest BCUT2D eigenvalue weighted by Gasteiger charge is 2.36. The summed E-state index contributed by atoms with van der Waals surface area (Å²) in [5.41, 5.74) is 1.13. The highest BCUT2D eigenvalue weighted by molar-refractivity contribution is 5.82. The standard InChI is InChI=1S/C17H24O2/c1-3-13-9-7-8-12-15(18)16(13)17(19-2)14-10-5-4-6-11-14/h4-6,10-11,13,16-17H,3,7-9,12H2,1-2H3/t13-,16+,17?/m1/s1. The Morgan fingerprint density at radius 1 is 1.26 bits per heavy atom. The fourth-order valence-corrected chi connectivity index (χ4v) is 3.32. The minimum absolute atomic E-state index is 0.0277. The van der Waals surface area contributed by atoms with Gasteiger partial charge >= 0.3 is 0 Å². The van der Waals surface area contributed by atoms with E-state index in [-0.39, 0.29) is 12.0 Å². The monoisotopic (exact) mass is 260 g/mol. The van der Waals surface area contributed by atoms with Crippen molar-refractivity contribution in [3.63, 3.8) is 0 Å². The van der Waals surface area contributed by atoms with Gasteiger partial charge in [0.25, 0.3) is 0 Å². The van der Waals surface area contributed by atoms with E-state index in [0.29, 0.717) is 18.1 Å². The summed E-state index contributed by atoms with van der Waals surface area (Å²) in [4.78, 5) is 12.5. The topological polar surface area (TPSA) is 26.3 Å². The summed E-state index contributed by atoms with van der Waals surface area (Å²) in [6.07, 6.45) is 5.05. The zero-order valence-corrected chi connectivity index (χ0v) is 12.0. The van der Waals surface area contributed by atoms with Crippen molar-refractivity contribution in [1.29, 1.82) is 0 Å². The van der Waals surface area contributed by atoms with Crippen molar-refractivity contribution in [2.75, 3.05) is 7.11 Å². The Morgan fingerprint density at radius 2 is 2.00 bits per heavy atom. The second-order valence-electron chi connectivity index (χ2n) is 5.47. The van der Waals surface area contributed by atoms with Gasteiger partial charge in [-0.2, -0.15) is 0 Å². The molecular formula is C17H24O2. The third-order valence-corrected chi connectivity index (χ3v) is 4.36. The summed E-state index contributed by atoms with van der Waals surface area (Å²) >= 11 is 0. The van der Waals surface area contributed by atoms with Gasteiger partial charge in [-0.3, -0.25) is 4.79 Å². The number of rotatable bonds is 4. The Bertz CT molecular complexity index is 399. The molecule has 1 saturated carbocycles. The van der Waals surface area contributed by atoms with E-state index in [9.17, 15) is 4.79 Å². The summed E-state index contributed by atoms with van der Waals surface area (Å²) in [6, 6.07) is 10.2. The van der Waals surface area contributed by atoms with Gasteiger partial charge in [0.15, 0.2) is 0 Å². The van der Waals surface area contributed by atoms with Crippen molar-refractivity contribution >= 4 is 5.78 Å². The molecule has 0 heterocycles. The van der Waals surface area contributed by atoms with Gasteiger partial charge in [-0.25, -0.2) is 0 Å². The lowest BCUT2D eigenvalue weighted by Crippen LogP contribution is -2.29. The third kappa shape index (κ3) is 3.24. The van der Waals surface area contributed by atoms with Crippen LogP contribution in [0.2, 0.25) is 0 Å². The van der Waals surface area contributed by atoms with E-state index >= 15 is 0 Å². The minimum atomic E-state index is -0.0863. The number of hydrogen-bond donors (Lipinski definition) is 0. The van der Waals surface area contributed by atoms with Crippen LogP contribution in [-0.2, 0) is 9.53 Å². The average molecular weight is 260 g/mol. The normalized spacial score (nSPS) is 25.9. The average Bonchev–Trinajstić information content (AvgIpc) is 2.64. The maximum atomic E-state index is 12.5. The fraction of sp³-hybridized carbons (Fsp3) is 0.588. The molecule has 0 saturated heterocycles. The summed E-state index contributed by atoms with van der Waals surface area (Å²) in [7, 11) is 1.72. The van der Waals surface area contributed by atoms with E-state index in [1.807, 2.05) is 18.2 Å². The number of ether oxygens (including phenoxy) is 1. The molecule has 1 aromatic carbocycles. The number of benzene rings is 1. The smallest absolute Gasteiger partial charge is 0.139 e. The summed E-state index contributed by atoms with van der Waals surface area (Å²) in [5.74, 6) is 0.875. The van der Waals surface area contributed by atoms with E-state index in [0.717, 1.165) is 24.8 Å². The molecule has 19 heavy (non-hydrogen) atoms. The maximum Gasteiger partial charge on any atom is 0.139 e. The first-order valence-corrected chi connectivity index (χ1v) is 7.38. The maximum absolute atomic E-state index is 12.5. The SMILES string of the molecule is CC[C@@H]1CCCCC(=O)[C@H]1C(OC)c1ccccc1. The van der Waals surface area contributed by atoms with Gasteiger partial charge in [-0.15, -0.1) is 0 Å². The summed E-state index contributed by atoms with van der Waals surface area (Å²) < 4.78 is 5.71. The molecule has 0 amide bonds. The van der Waals surface area contributed by atoms with Crippen LogP contribution < -0.4 is 0 Å². The Kier molecular flexibility index (Phi) is 5.15. The number of hydrogen-bond acceptors (Lipinski definition) is 2. The van der Waals surface area contributed by atoms with Crippen LogP contribution in [0.1, 0.15) is 50.7 Å². The van der Waals surface area contributed by atoms with Crippen LogP contribution in [0.5, 0.6) is 0 Å². The van der Waals surface area contributed by atoms with Crippen LogP contribution >= 0.6 is 0 Å². The van der Waals surface area contributed by atoms with Crippen LogP contribution in [0.15, 0.2) is 30.3 Å². The van der Waals surface area contributed by atoms with E-state index in [2.05, 4.69) is 19.1 Å². The lowest BCUT2D eigenvalue weighted by atomic mass is 9.79. The van der Waals surface area contributed by atoms with Crippen LogP contribution in [-0.4, -0.2) is 12.9 Å². The van der Waals surface area contributed by atoms with Crippen molar-refractivity contribution in [2.24, 2.45) is 11.8 Å². The van der Waals surface area contributed by atoms with Crippen molar-refractivity contribution in [2.45, 2.75) is 45.1 Å². The number of ketones is 1. The fourth-order valence-electron chi connectivity index (χ4n) is 3.32. The van der Waals surface area contributed by atoms with Crippen molar-refractivity contribution < 1.29 is 9.53 Å². The van der Waals surface area contributed by atoms with Gasteiger partial charge in [-0.05, 0) is 24.3 Å². The molecular weight excluding hydrogens is 236 g/mol. The Hall–Kier alpha value is -1.15. The highest BCUT2D eigenvalue weighted by atomic mass is 16.5. The molecule has 0 bridgehead atoms. The van der Waals surface area contributed by atoms with Gasteiger partial charge < -0.3 is 4.74 Å². The summed E-state index contributed by atoms with van der Waals surface area (Å²) in [5, 5.41) is 0. The quantitative estimate of drug-likeness (QED) is 0.760. The number of methoxy groups -OCH3 is 1. The van der Waals surface area contributed by atoms with Gasteiger partial charge in [0.05, 0.1) is 12.0 Å². The molecule has 0 aromatic heterocycles. The molecule has 0 N–H and O–H groups in total. The van der Waals surface area contributed by atoms with E-state index in [4.69, 9.17) is 4.74 Å². The van der Waals surface area contributed by atoms with E-state index in [1.165, 1.54) is 6.42 Å². The third-order valence-electron chi connectivity index (χ3n) is 4.36. The molecule has 1 fully saturated rings. The second kappa shape index (κ2) is 6.85. The highest BCUT2D eigenvalue weighted by Crippen LogP contribution is 2.38. The first kappa shape index (κ1) is 14.3. The minimum Gasteiger partial charge on any atom is -0.376 e. The van der Waals surface area contributed by atoms with Crippen molar-refractivity contribution in [3.05, 3.63) is 35.9 Å². The predicted molar refractivity (Wildman–Crippen MR) is 76.9 cm³/mol. The van der Waals surface area contributed by atoms with Crippen LogP contribution in [0.4, 0.5) is 0 Å². The molecule has 1 aliphatic rings. The molecule has 1 unspecified atom stereocenters. The Morgan fingerprint density at radius 3 is 2.63 bits per heavy atom. The van der Waals surface area contributed by atoms with Gasteiger partial charge in [-0.1, -0.05) is 50.1 Å². The van der Waals surface area contributed by atoms with Crippen molar-refractivity contribution in [3.8, 4) is 0 Å². The molecule has 0 radical (unpaired) electrons. The predicted octanol–water partition coefficient (Wildman–Crippen LogP) is 4.16. The number of Topliss-reactive ketones (excluding diaryl/α,β-unsaturated/α-hetero) is 1. The van der Waals surface area contributed by atoms with Gasteiger partial charge in [0, 0.05) is 13.5 Å². The first-order chi connectivity index (χ1) is 9.27. The van der Waals surface area contributed by atoms with Crippen LogP contribution in [0.25, 0.3) is 0 Å². The van der Waals surface area contributed by atoms with Gasteiger partial charge in [0.1, 0.15) is 5.78 Å². The lowest BCUT2D eigenvalue weighted by molar-refractivity contribution is -0.129. The zero-order chi connectivity index (χ0) is 13.7. The molecule has 0 aliphatic heterocycles. The zero-order valence-electron chi connectivity index (χ0n) is 12.0. The van der Waals surface area contributed by atoms with E-state index < -0.39 is 0 Å². The number of carbonyl (C=O) groups is 1. The first-order valence-electron chi connectivity index (χ1n) is 7.38. The molecule has 2 nitrogen and oxygen atoms in total. The van der Waals surface area contributed by atoms with Gasteiger partial charge in [0.2, 0.25) is 0 Å². The molecule has 2 rings (SSSR count). The summed E-state index contributed by atoms with van der Waals surface area (Å²) in [6.45, 7) is 2.19. The molecule has 1 aromatic rings. The Balaban J connectivity index is 2.30. The molecule has 104 valence electrons. The lowest BCUT2D eigenvalue weighted by Gasteiger charge is -2.30. The second-order valence-corrected chi connectivity index (χ2v) is 5.47. The Labute approximate surface area is 116 Å². The molecule has 2 heteroatoms. The van der Waals surface area contributed by atoms with Crippen LogP contribution in [0.3, 0.4) is 0 Å². The molecule has 3 atom stereocenters. The molecule has 0 spiro atoms. The molecule has 1 aliphatic carbocycles.